The predicted molar refractivity (Wildman–Crippen MR) is 37.9 cm³/mol. The van der Waals surface area contributed by atoms with E-state index in [0.717, 1.165) is 19.3 Å². The van der Waals surface area contributed by atoms with Crippen molar-refractivity contribution < 1.29 is 4.79 Å². The smallest absolute Gasteiger partial charge is 0.220 e. The first-order valence-electron chi connectivity index (χ1n) is 3.47. The van der Waals surface area contributed by atoms with E-state index in [9.17, 15) is 4.79 Å². The highest BCUT2D eigenvalue weighted by Gasteiger charge is 2.05. The van der Waals surface area contributed by atoms with Gasteiger partial charge in [-0.05, 0) is 6.42 Å². The van der Waals surface area contributed by atoms with E-state index in [0.29, 0.717) is 0 Å². The quantitative estimate of drug-likeness (QED) is 0.610. The van der Waals surface area contributed by atoms with Crippen molar-refractivity contribution in [2.45, 2.75) is 33.1 Å². The summed E-state index contributed by atoms with van der Waals surface area (Å²) in [5, 5.41) is 0. The highest BCUT2D eigenvalue weighted by molar-refractivity contribution is 5.76. The van der Waals surface area contributed by atoms with E-state index in [-0.39, 0.29) is 11.8 Å². The fourth-order valence-electron chi connectivity index (χ4n) is 0.653. The highest BCUT2D eigenvalue weighted by atomic mass is 16.1. The zero-order valence-corrected chi connectivity index (χ0v) is 6.18. The molecule has 0 aromatic heterocycles. The Hall–Kier alpha value is -0.530. The molecule has 0 rings (SSSR count). The second kappa shape index (κ2) is 4.36. The molecule has 0 aromatic carbocycles. The van der Waals surface area contributed by atoms with Crippen molar-refractivity contribution in [1.82, 2.24) is 0 Å². The molecule has 0 spiro atoms. The Morgan fingerprint density at radius 2 is 2.22 bits per heavy atom. The summed E-state index contributed by atoms with van der Waals surface area (Å²) in [5.41, 5.74) is 5.04. The standard InChI is InChI=1S/C7H15NO/c1-3-4-5-6(2)7(8)9/h6H,3-5H2,1-2H3,(H2,8,9)/t6-/m0/s1. The van der Waals surface area contributed by atoms with Crippen LogP contribution >= 0.6 is 0 Å². The van der Waals surface area contributed by atoms with Crippen LogP contribution in [-0.4, -0.2) is 5.91 Å². The van der Waals surface area contributed by atoms with Crippen LogP contribution in [-0.2, 0) is 4.79 Å². The number of carbonyl (C=O) groups excluding carboxylic acids is 1. The lowest BCUT2D eigenvalue weighted by Gasteiger charge is -2.03. The van der Waals surface area contributed by atoms with Gasteiger partial charge in [0.25, 0.3) is 0 Å². The molecule has 0 aromatic rings. The lowest BCUT2D eigenvalue weighted by atomic mass is 10.0. The molecule has 0 aliphatic heterocycles. The fourth-order valence-corrected chi connectivity index (χ4v) is 0.653. The van der Waals surface area contributed by atoms with Gasteiger partial charge in [-0.25, -0.2) is 0 Å². The molecule has 1 atom stereocenters. The van der Waals surface area contributed by atoms with Gasteiger partial charge < -0.3 is 5.73 Å². The van der Waals surface area contributed by atoms with Gasteiger partial charge in [0.1, 0.15) is 0 Å². The Morgan fingerprint density at radius 3 is 2.56 bits per heavy atom. The number of primary amides is 1. The van der Waals surface area contributed by atoms with Crippen molar-refractivity contribution in [2.75, 3.05) is 0 Å². The minimum atomic E-state index is -0.177. The molecule has 2 N–H and O–H groups in total. The van der Waals surface area contributed by atoms with Gasteiger partial charge in [-0.1, -0.05) is 26.7 Å². The monoisotopic (exact) mass is 129 g/mol. The average molecular weight is 129 g/mol. The minimum Gasteiger partial charge on any atom is -0.369 e. The first-order chi connectivity index (χ1) is 4.18. The summed E-state index contributed by atoms with van der Waals surface area (Å²) in [5.74, 6) is -0.117. The summed E-state index contributed by atoms with van der Waals surface area (Å²) in [4.78, 5) is 10.4. The fraction of sp³-hybridized carbons (Fsp3) is 0.857. The van der Waals surface area contributed by atoms with Crippen molar-refractivity contribution in [3.63, 3.8) is 0 Å². The molecule has 0 saturated heterocycles. The van der Waals surface area contributed by atoms with E-state index in [4.69, 9.17) is 5.73 Å². The van der Waals surface area contributed by atoms with Crippen LogP contribution in [0, 0.1) is 5.92 Å². The van der Waals surface area contributed by atoms with Crippen LogP contribution in [0.3, 0.4) is 0 Å². The SMILES string of the molecule is CCCC[C@H](C)C(N)=O. The third-order valence-electron chi connectivity index (χ3n) is 1.48. The summed E-state index contributed by atoms with van der Waals surface area (Å²) in [7, 11) is 0. The number of amides is 1. The zero-order chi connectivity index (χ0) is 7.28. The molecule has 2 nitrogen and oxygen atoms in total. The summed E-state index contributed by atoms with van der Waals surface area (Å²) in [6.45, 7) is 3.98. The predicted octanol–water partition coefficient (Wildman–Crippen LogP) is 1.30. The molecule has 0 radical (unpaired) electrons. The second-order valence-electron chi connectivity index (χ2n) is 2.45. The van der Waals surface area contributed by atoms with E-state index in [1.54, 1.807) is 0 Å². The molecule has 0 aliphatic rings. The van der Waals surface area contributed by atoms with Gasteiger partial charge in [-0.15, -0.1) is 0 Å². The van der Waals surface area contributed by atoms with E-state index in [1.165, 1.54) is 0 Å². The normalized spacial score (nSPS) is 13.1. The number of rotatable bonds is 4. The second-order valence-corrected chi connectivity index (χ2v) is 2.45. The summed E-state index contributed by atoms with van der Waals surface area (Å²) in [6.07, 6.45) is 3.17. The molecule has 0 bridgehead atoms. The molecular formula is C7H15NO. The number of unbranched alkanes of at least 4 members (excludes halogenated alkanes) is 1. The summed E-state index contributed by atoms with van der Waals surface area (Å²) in [6, 6.07) is 0. The molecular weight excluding hydrogens is 114 g/mol. The van der Waals surface area contributed by atoms with E-state index in [1.807, 2.05) is 6.92 Å². The van der Waals surface area contributed by atoms with Crippen molar-refractivity contribution in [1.29, 1.82) is 0 Å². The van der Waals surface area contributed by atoms with Gasteiger partial charge in [0.05, 0.1) is 0 Å². The summed E-state index contributed by atoms with van der Waals surface area (Å²) >= 11 is 0. The number of hydrogen-bond acceptors (Lipinski definition) is 1. The van der Waals surface area contributed by atoms with Crippen LogP contribution in [0.1, 0.15) is 33.1 Å². The van der Waals surface area contributed by atoms with Crippen molar-refractivity contribution in [2.24, 2.45) is 11.7 Å². The Balaban J connectivity index is 3.27. The lowest BCUT2D eigenvalue weighted by molar-refractivity contribution is -0.121. The molecule has 0 saturated carbocycles. The van der Waals surface area contributed by atoms with Crippen molar-refractivity contribution >= 4 is 5.91 Å². The van der Waals surface area contributed by atoms with E-state index < -0.39 is 0 Å². The van der Waals surface area contributed by atoms with Gasteiger partial charge in [0.15, 0.2) is 0 Å². The maximum absolute atomic E-state index is 10.4. The first kappa shape index (κ1) is 8.47. The van der Waals surface area contributed by atoms with Crippen LogP contribution in [0.25, 0.3) is 0 Å². The topological polar surface area (TPSA) is 43.1 Å². The van der Waals surface area contributed by atoms with Gasteiger partial charge in [0.2, 0.25) is 5.91 Å². The van der Waals surface area contributed by atoms with Gasteiger partial charge in [-0.3, -0.25) is 4.79 Å². The molecule has 9 heavy (non-hydrogen) atoms. The van der Waals surface area contributed by atoms with Gasteiger partial charge in [0, 0.05) is 5.92 Å². The Morgan fingerprint density at radius 1 is 1.67 bits per heavy atom. The molecule has 54 valence electrons. The zero-order valence-electron chi connectivity index (χ0n) is 6.18. The van der Waals surface area contributed by atoms with Crippen LogP contribution in [0.5, 0.6) is 0 Å². The average Bonchev–Trinajstić information content (AvgIpc) is 1.82. The third kappa shape index (κ3) is 4.01. The lowest BCUT2D eigenvalue weighted by Crippen LogP contribution is -2.20. The minimum absolute atomic E-state index is 0.0601. The summed E-state index contributed by atoms with van der Waals surface area (Å²) < 4.78 is 0. The highest BCUT2D eigenvalue weighted by Crippen LogP contribution is 2.05. The first-order valence-corrected chi connectivity index (χ1v) is 3.47. The molecule has 0 unspecified atom stereocenters. The van der Waals surface area contributed by atoms with Gasteiger partial charge in [-0.2, -0.15) is 0 Å². The Bertz CT molecular complexity index is 90.9. The maximum Gasteiger partial charge on any atom is 0.220 e. The Kier molecular flexibility index (Phi) is 4.10. The van der Waals surface area contributed by atoms with Crippen LogP contribution in [0.4, 0.5) is 0 Å². The third-order valence-corrected chi connectivity index (χ3v) is 1.48. The van der Waals surface area contributed by atoms with Crippen LogP contribution in [0.2, 0.25) is 0 Å². The largest absolute Gasteiger partial charge is 0.369 e. The molecule has 2 heteroatoms. The molecule has 1 amide bonds. The maximum atomic E-state index is 10.4. The van der Waals surface area contributed by atoms with E-state index in [2.05, 4.69) is 6.92 Å². The number of hydrogen-bond donors (Lipinski definition) is 1. The molecule has 0 aliphatic carbocycles. The number of nitrogens with two attached hydrogens (primary N) is 1. The van der Waals surface area contributed by atoms with Crippen LogP contribution in [0.15, 0.2) is 0 Å². The number of carbonyl (C=O) groups is 1. The van der Waals surface area contributed by atoms with Crippen LogP contribution < -0.4 is 5.73 Å². The molecule has 0 heterocycles. The van der Waals surface area contributed by atoms with Crippen molar-refractivity contribution in [3.05, 3.63) is 0 Å². The van der Waals surface area contributed by atoms with E-state index >= 15 is 0 Å². The Labute approximate surface area is 56.4 Å². The molecule has 0 fully saturated rings. The van der Waals surface area contributed by atoms with Crippen molar-refractivity contribution in [3.8, 4) is 0 Å². The van der Waals surface area contributed by atoms with Gasteiger partial charge >= 0.3 is 0 Å².